The van der Waals surface area contributed by atoms with Crippen molar-refractivity contribution in [1.29, 1.82) is 0 Å². The van der Waals surface area contributed by atoms with Gasteiger partial charge in [-0.3, -0.25) is 9.69 Å². The summed E-state index contributed by atoms with van der Waals surface area (Å²) in [6.07, 6.45) is 2.25. The summed E-state index contributed by atoms with van der Waals surface area (Å²) in [6.45, 7) is 12.3. The molecule has 168 valence electrons. The van der Waals surface area contributed by atoms with Gasteiger partial charge in [-0.15, -0.1) is 0 Å². The van der Waals surface area contributed by atoms with E-state index < -0.39 is 0 Å². The van der Waals surface area contributed by atoms with Crippen LogP contribution in [0.3, 0.4) is 0 Å². The number of hydrogen-bond acceptors (Lipinski definition) is 5. The van der Waals surface area contributed by atoms with E-state index in [0.29, 0.717) is 0 Å². The van der Waals surface area contributed by atoms with Crippen molar-refractivity contribution in [3.63, 3.8) is 0 Å². The van der Waals surface area contributed by atoms with E-state index >= 15 is 0 Å². The molecule has 2 aliphatic rings. The normalized spacial score (nSPS) is 18.3. The van der Waals surface area contributed by atoms with Gasteiger partial charge in [0.25, 0.3) is 0 Å². The van der Waals surface area contributed by atoms with Gasteiger partial charge in [0.15, 0.2) is 0 Å². The van der Waals surface area contributed by atoms with Crippen LogP contribution in [0.2, 0.25) is 0 Å². The number of aryl methyl sites for hydroxylation is 1. The molecule has 3 aromatic rings. The first kappa shape index (κ1) is 21.4. The number of aromatic nitrogens is 1. The number of hydrogen-bond donors (Lipinski definition) is 0. The number of carbonyl (C=O) groups is 1. The Labute approximate surface area is 194 Å². The summed E-state index contributed by atoms with van der Waals surface area (Å²) < 4.78 is 6.00. The number of amides is 1. The molecule has 2 aromatic carbocycles. The summed E-state index contributed by atoms with van der Waals surface area (Å²) in [6, 6.07) is 15.2. The van der Waals surface area contributed by atoms with Crippen molar-refractivity contribution in [2.75, 3.05) is 49.1 Å². The van der Waals surface area contributed by atoms with Crippen molar-refractivity contribution in [2.45, 2.75) is 39.0 Å². The van der Waals surface area contributed by atoms with Gasteiger partial charge in [0.2, 0.25) is 5.91 Å². The van der Waals surface area contributed by atoms with E-state index in [1.165, 1.54) is 21.2 Å². The highest BCUT2D eigenvalue weighted by atomic mass is 32.1. The Balaban J connectivity index is 1.15. The highest BCUT2D eigenvalue weighted by molar-refractivity contribution is 7.13. The van der Waals surface area contributed by atoms with Crippen LogP contribution in [-0.2, 0) is 16.6 Å². The van der Waals surface area contributed by atoms with Crippen LogP contribution in [0, 0.1) is 0 Å². The number of benzene rings is 2. The van der Waals surface area contributed by atoms with Gasteiger partial charge in [-0.05, 0) is 60.2 Å². The molecule has 0 unspecified atom stereocenters. The lowest BCUT2D eigenvalue weighted by atomic mass is 9.86. The molecule has 5 rings (SSSR count). The molecule has 5 nitrogen and oxygen atoms in total. The fourth-order valence-corrected chi connectivity index (χ4v) is 5.95. The average molecular weight is 449 g/mol. The Bertz CT molecular complexity index is 1130. The number of nitrogens with zero attached hydrogens (tertiary/aromatic N) is 4. The Morgan fingerprint density at radius 1 is 1.09 bits per heavy atom. The molecule has 0 N–H and O–H groups in total. The zero-order chi connectivity index (χ0) is 22.3. The van der Waals surface area contributed by atoms with Crippen molar-refractivity contribution in [2.24, 2.45) is 0 Å². The smallest absolute Gasteiger partial charge is 0.223 e. The van der Waals surface area contributed by atoms with Crippen molar-refractivity contribution >= 4 is 39.0 Å². The van der Waals surface area contributed by atoms with Crippen LogP contribution in [0.25, 0.3) is 10.1 Å². The lowest BCUT2D eigenvalue weighted by Gasteiger charge is -2.35. The van der Waals surface area contributed by atoms with Crippen LogP contribution in [-0.4, -0.2) is 54.4 Å². The third-order valence-corrected chi connectivity index (χ3v) is 7.80. The molecule has 1 fully saturated rings. The third kappa shape index (κ3) is 4.02. The number of anilines is 2. The molecule has 1 amide bonds. The fraction of sp³-hybridized carbons (Fsp3) is 0.462. The van der Waals surface area contributed by atoms with Crippen LogP contribution in [0.5, 0.6) is 0 Å². The number of fused-ring (bicyclic) bond motifs is 2. The minimum absolute atomic E-state index is 0.0210. The monoisotopic (exact) mass is 448 g/mol. The van der Waals surface area contributed by atoms with Gasteiger partial charge in [0.05, 0.1) is 4.70 Å². The van der Waals surface area contributed by atoms with E-state index in [-0.39, 0.29) is 11.3 Å². The van der Waals surface area contributed by atoms with E-state index in [0.717, 1.165) is 63.6 Å². The molecule has 0 atom stereocenters. The molecule has 0 aliphatic carbocycles. The zero-order valence-electron chi connectivity index (χ0n) is 19.3. The topological polar surface area (TPSA) is 39.7 Å². The highest BCUT2D eigenvalue weighted by Gasteiger charge is 2.36. The van der Waals surface area contributed by atoms with Crippen LogP contribution in [0.1, 0.15) is 38.3 Å². The highest BCUT2D eigenvalue weighted by Crippen LogP contribution is 2.41. The Morgan fingerprint density at radius 2 is 1.88 bits per heavy atom. The van der Waals surface area contributed by atoms with E-state index in [9.17, 15) is 4.79 Å². The maximum Gasteiger partial charge on any atom is 0.223 e. The van der Waals surface area contributed by atoms with Gasteiger partial charge in [-0.25, -0.2) is 0 Å². The summed E-state index contributed by atoms with van der Waals surface area (Å²) in [7, 11) is 0. The standard InChI is InChI=1S/C26H32N4OS/c1-19(31)30-18-26(2,3)22-17-20(10-11-23(22)30)7-6-12-28-13-15-29(16-14-28)25-21-8-4-5-9-24(21)32-27-25/h4-5,8-11,17H,6-7,12-16,18H2,1-3H3. The number of rotatable bonds is 5. The first-order chi connectivity index (χ1) is 15.4. The summed E-state index contributed by atoms with van der Waals surface area (Å²) in [5.41, 5.74) is 3.81. The maximum absolute atomic E-state index is 12.0. The maximum atomic E-state index is 12.0. The minimum Gasteiger partial charge on any atom is -0.353 e. The van der Waals surface area contributed by atoms with Crippen LogP contribution in [0.15, 0.2) is 42.5 Å². The van der Waals surface area contributed by atoms with Crippen LogP contribution in [0.4, 0.5) is 11.5 Å². The quantitative estimate of drug-likeness (QED) is 0.567. The average Bonchev–Trinajstić information content (AvgIpc) is 3.33. The first-order valence-electron chi connectivity index (χ1n) is 11.7. The van der Waals surface area contributed by atoms with Gasteiger partial charge in [0.1, 0.15) is 5.82 Å². The second-order valence-electron chi connectivity index (χ2n) is 9.78. The van der Waals surface area contributed by atoms with E-state index in [1.54, 1.807) is 18.5 Å². The Hall–Kier alpha value is -2.44. The molecular formula is C26H32N4OS. The molecule has 1 saturated heterocycles. The first-order valence-corrected chi connectivity index (χ1v) is 12.4. The second-order valence-corrected chi connectivity index (χ2v) is 10.6. The largest absolute Gasteiger partial charge is 0.353 e. The molecule has 0 bridgehead atoms. The predicted octanol–water partition coefficient (Wildman–Crippen LogP) is 4.70. The van der Waals surface area contributed by atoms with Crippen LogP contribution < -0.4 is 9.80 Å². The molecular weight excluding hydrogens is 416 g/mol. The van der Waals surface area contributed by atoms with Crippen molar-refractivity contribution < 1.29 is 4.79 Å². The van der Waals surface area contributed by atoms with Gasteiger partial charge in [-0.2, -0.15) is 4.37 Å². The molecule has 6 heteroatoms. The lowest BCUT2D eigenvalue weighted by molar-refractivity contribution is -0.116. The summed E-state index contributed by atoms with van der Waals surface area (Å²) >= 11 is 1.60. The molecule has 3 heterocycles. The second kappa shape index (κ2) is 8.49. The van der Waals surface area contributed by atoms with E-state index in [2.05, 4.69) is 66.1 Å². The Morgan fingerprint density at radius 3 is 2.66 bits per heavy atom. The molecule has 32 heavy (non-hydrogen) atoms. The summed E-state index contributed by atoms with van der Waals surface area (Å²) in [4.78, 5) is 19.0. The fourth-order valence-electron chi connectivity index (χ4n) is 5.15. The van der Waals surface area contributed by atoms with Gasteiger partial charge in [0, 0.05) is 56.1 Å². The van der Waals surface area contributed by atoms with Crippen LogP contribution >= 0.6 is 11.5 Å². The Kier molecular flexibility index (Phi) is 5.68. The number of carbonyl (C=O) groups excluding carboxylic acids is 1. The molecule has 1 aromatic heterocycles. The van der Waals surface area contributed by atoms with Gasteiger partial charge < -0.3 is 9.80 Å². The van der Waals surface area contributed by atoms with Crippen molar-refractivity contribution in [1.82, 2.24) is 9.27 Å². The molecule has 0 spiro atoms. The van der Waals surface area contributed by atoms with E-state index in [1.807, 2.05) is 4.90 Å². The molecule has 0 saturated carbocycles. The van der Waals surface area contributed by atoms with E-state index in [4.69, 9.17) is 4.37 Å². The van der Waals surface area contributed by atoms with Gasteiger partial charge >= 0.3 is 0 Å². The van der Waals surface area contributed by atoms with Crippen molar-refractivity contribution in [3.8, 4) is 0 Å². The summed E-state index contributed by atoms with van der Waals surface area (Å²) in [5.74, 6) is 1.29. The predicted molar refractivity (Wildman–Crippen MR) is 134 cm³/mol. The lowest BCUT2D eigenvalue weighted by Crippen LogP contribution is -2.46. The minimum atomic E-state index is 0.0210. The zero-order valence-corrected chi connectivity index (χ0v) is 20.1. The SMILES string of the molecule is CC(=O)N1CC(C)(C)c2cc(CCCN3CCN(c4nsc5ccccc45)CC3)ccc21. The molecule has 0 radical (unpaired) electrons. The summed E-state index contributed by atoms with van der Waals surface area (Å²) in [5, 5.41) is 1.29. The van der Waals surface area contributed by atoms with Gasteiger partial charge in [-0.1, -0.05) is 38.1 Å². The third-order valence-electron chi connectivity index (χ3n) is 6.98. The molecule has 2 aliphatic heterocycles. The van der Waals surface area contributed by atoms with Crippen molar-refractivity contribution in [3.05, 3.63) is 53.6 Å². The number of piperazine rings is 1.